The van der Waals surface area contributed by atoms with E-state index in [1.807, 2.05) is 15.3 Å². The van der Waals surface area contributed by atoms with Gasteiger partial charge in [-0.05, 0) is 47.9 Å². The first-order valence-electron chi connectivity index (χ1n) is 19.0. The molecule has 0 unspecified atom stereocenters. The molecule has 0 fully saturated rings. The number of hydrogen-bond donors (Lipinski definition) is 0. The topological polar surface area (TPSA) is 20.9 Å². The molecule has 0 amide bonds. The fraction of sp³-hybridized carbons (Fsp3) is 0.240. The average Bonchev–Trinajstić information content (AvgIpc) is 3.47. The number of furan rings is 1. The molecule has 3 nitrogen and oxygen atoms in total. The summed E-state index contributed by atoms with van der Waals surface area (Å²) in [5, 5.41) is 3.64. The van der Waals surface area contributed by atoms with Crippen molar-refractivity contribution in [3.8, 4) is 33.6 Å². The van der Waals surface area contributed by atoms with Crippen LogP contribution in [0.1, 0.15) is 68.4 Å². The van der Waals surface area contributed by atoms with Crippen molar-refractivity contribution in [3.63, 3.8) is 0 Å². The summed E-state index contributed by atoms with van der Waals surface area (Å²) in [6.45, 7) is 28.9. The van der Waals surface area contributed by atoms with Crippen LogP contribution < -0.4 is 14.3 Å². The van der Waals surface area contributed by atoms with Gasteiger partial charge in [0.2, 0.25) is 0 Å². The van der Waals surface area contributed by atoms with Gasteiger partial charge in [0, 0.05) is 45.0 Å². The van der Waals surface area contributed by atoms with E-state index in [0.717, 1.165) is 62.0 Å². The van der Waals surface area contributed by atoms with Gasteiger partial charge < -0.3 is 13.6 Å². The van der Waals surface area contributed by atoms with Crippen molar-refractivity contribution in [2.75, 3.05) is 0 Å². The summed E-state index contributed by atoms with van der Waals surface area (Å²) in [5.41, 5.74) is 14.5. The predicted octanol–water partition coefficient (Wildman–Crippen LogP) is 12.1. The fourth-order valence-corrected chi connectivity index (χ4v) is 8.18. The maximum absolute atomic E-state index is 6.44. The van der Waals surface area contributed by atoms with Crippen LogP contribution in [0.25, 0.3) is 55.6 Å². The molecule has 4 aromatic carbocycles. The second-order valence-corrected chi connectivity index (χ2v) is 22.5. The molecule has 3 aromatic heterocycles. The Balaban J connectivity index is 0.000000229. The maximum atomic E-state index is 6.44. The normalized spacial score (nSPS) is 11.7. The molecule has 1 radical (unpaired) electrons. The molecule has 0 bridgehead atoms. The van der Waals surface area contributed by atoms with Gasteiger partial charge in [-0.15, -0.1) is 23.3 Å². The van der Waals surface area contributed by atoms with E-state index in [9.17, 15) is 0 Å². The summed E-state index contributed by atoms with van der Waals surface area (Å²) >= 11 is 0. The molecule has 287 valence electrons. The van der Waals surface area contributed by atoms with Crippen LogP contribution in [0.5, 0.6) is 0 Å². The molecule has 0 spiro atoms. The maximum Gasteiger partial charge on any atom is 0.133 e. The zero-order valence-electron chi connectivity index (χ0n) is 34.1. The first-order valence-corrected chi connectivity index (χ1v) is 22.5. The third-order valence-electron chi connectivity index (χ3n) is 10.2. The van der Waals surface area contributed by atoms with Gasteiger partial charge in [-0.25, -0.2) is 0 Å². The van der Waals surface area contributed by atoms with Gasteiger partial charge in [-0.2, -0.15) is 37.1 Å². The number of rotatable bonds is 6. The number of nitrogens with zero attached hydrogens (tertiary/aromatic N) is 2. The minimum Gasteiger partial charge on any atom is -0.469 e. The number of aromatic nitrogens is 2. The second-order valence-electron chi connectivity index (χ2n) is 17.4. The van der Waals surface area contributed by atoms with Crippen LogP contribution in [0.3, 0.4) is 0 Å². The van der Waals surface area contributed by atoms with Gasteiger partial charge in [0.25, 0.3) is 0 Å². The summed E-state index contributed by atoms with van der Waals surface area (Å²) < 4.78 is 10.4. The Morgan fingerprint density at radius 1 is 0.709 bits per heavy atom. The molecular weight excluding hydrogens is 865 g/mol. The summed E-state index contributed by atoms with van der Waals surface area (Å²) in [6.07, 6.45) is 5.20. The van der Waals surface area contributed by atoms with Gasteiger partial charge in [0.05, 0.1) is 37.4 Å². The summed E-state index contributed by atoms with van der Waals surface area (Å²) in [7, 11) is 7.12. The first-order chi connectivity index (χ1) is 25.4. The zero-order chi connectivity index (χ0) is 39.1. The van der Waals surface area contributed by atoms with E-state index in [1.54, 1.807) is 0 Å². The van der Waals surface area contributed by atoms with Crippen LogP contribution in [0, 0.1) is 40.3 Å². The second kappa shape index (κ2) is 16.2. The van der Waals surface area contributed by atoms with E-state index in [0.29, 0.717) is 5.92 Å². The quantitative estimate of drug-likeness (QED) is 0.0925. The Bertz CT molecular complexity index is 2460. The van der Waals surface area contributed by atoms with E-state index in [1.165, 1.54) is 33.0 Å². The molecular formula is C50H56IrN2OSi-2. The minimum absolute atomic E-state index is 0. The monoisotopic (exact) mass is 921 g/mol. The Morgan fingerprint density at radius 2 is 1.40 bits per heavy atom. The van der Waals surface area contributed by atoms with E-state index in [2.05, 4.69) is 192 Å². The van der Waals surface area contributed by atoms with Crippen molar-refractivity contribution in [1.82, 2.24) is 0 Å². The van der Waals surface area contributed by atoms with Crippen molar-refractivity contribution in [2.24, 2.45) is 5.41 Å². The smallest absolute Gasteiger partial charge is 0.133 e. The van der Waals surface area contributed by atoms with Crippen molar-refractivity contribution >= 4 is 35.2 Å². The van der Waals surface area contributed by atoms with Gasteiger partial charge in [0.15, 0.2) is 0 Å². The van der Waals surface area contributed by atoms with Crippen LogP contribution in [0.4, 0.5) is 0 Å². The summed E-state index contributed by atoms with van der Waals surface area (Å²) in [6, 6.07) is 34.6. The summed E-state index contributed by atoms with van der Waals surface area (Å²) in [4.78, 5) is 0. The van der Waals surface area contributed by atoms with Gasteiger partial charge >= 0.3 is 0 Å². The van der Waals surface area contributed by atoms with Crippen LogP contribution in [-0.2, 0) is 26.5 Å². The predicted molar refractivity (Wildman–Crippen MR) is 232 cm³/mol. The minimum atomic E-state index is -1.30. The molecule has 0 aliphatic carbocycles. The van der Waals surface area contributed by atoms with Crippen molar-refractivity contribution in [3.05, 3.63) is 165 Å². The first kappa shape index (κ1) is 41.5. The Hall–Kier alpha value is -4.67. The Kier molecular flexibility index (Phi) is 12.2. The van der Waals surface area contributed by atoms with Crippen LogP contribution in [-0.4, -0.2) is 8.07 Å². The molecule has 7 aromatic rings. The molecule has 0 aliphatic heterocycles. The standard InChI is InChI=1S/C31H30NO.C19H26NSi.Ir/c1-20-7-10-23(11-8-20)24-12-14-28-26(18-24)25-13-9-21(2)29(30(25)33-28)27-17-22(15-16-32(27)6)19-31(3,4)5;1-14(2)16-8-10-18(15(3)12-16)19-11-9-17(13-20(19)4)21(5,6)7;/h7-18H,2,6,19H2,1,3-5H3;8-14H,3-4H2,1-2,5-7H3;/q2*-1;. The SMILES string of the molecule is [CH2-]c1cc(C(C)C)ccc1-c1ccc([Si](C)(C)C)c[n+]1[CH2-].[CH2-]c1ccc2c(oc3ccc(-c4ccc(C)cc4)cc32)c1-c1cc(CC(C)(C)C)cc[n+]1[CH2-].[Ir]. The average molecular weight is 921 g/mol. The molecule has 0 aliphatic rings. The van der Waals surface area contributed by atoms with E-state index < -0.39 is 8.07 Å². The molecule has 3 heterocycles. The van der Waals surface area contributed by atoms with Crippen molar-refractivity contribution in [2.45, 2.75) is 73.5 Å². The van der Waals surface area contributed by atoms with E-state index in [4.69, 9.17) is 4.42 Å². The molecule has 0 saturated heterocycles. The Labute approximate surface area is 344 Å². The molecule has 0 saturated carbocycles. The fourth-order valence-electron chi connectivity index (χ4n) is 7.05. The molecule has 0 atom stereocenters. The third-order valence-corrected chi connectivity index (χ3v) is 12.2. The Morgan fingerprint density at radius 3 is 2.02 bits per heavy atom. The number of aryl methyl sites for hydroxylation is 1. The number of fused-ring (bicyclic) bond motifs is 3. The number of pyridine rings is 2. The molecule has 55 heavy (non-hydrogen) atoms. The van der Waals surface area contributed by atoms with E-state index in [-0.39, 0.29) is 25.5 Å². The number of hydrogen-bond acceptors (Lipinski definition) is 1. The molecule has 0 N–H and O–H groups in total. The van der Waals surface area contributed by atoms with E-state index >= 15 is 0 Å². The largest absolute Gasteiger partial charge is 0.469 e. The van der Waals surface area contributed by atoms with Crippen molar-refractivity contribution in [1.29, 1.82) is 0 Å². The zero-order valence-corrected chi connectivity index (χ0v) is 37.5. The van der Waals surface area contributed by atoms with Crippen LogP contribution in [0.15, 0.2) is 114 Å². The molecule has 7 rings (SSSR count). The van der Waals surface area contributed by atoms with Gasteiger partial charge in [-0.1, -0.05) is 137 Å². The number of benzene rings is 4. The van der Waals surface area contributed by atoms with Gasteiger partial charge in [-0.3, -0.25) is 0 Å². The van der Waals surface area contributed by atoms with Crippen LogP contribution in [0.2, 0.25) is 19.6 Å². The van der Waals surface area contributed by atoms with Gasteiger partial charge in [0.1, 0.15) is 5.58 Å². The molecule has 5 heteroatoms. The summed E-state index contributed by atoms with van der Waals surface area (Å²) in [5.74, 6) is 0.528. The third kappa shape index (κ3) is 9.24. The van der Waals surface area contributed by atoms with Crippen molar-refractivity contribution < 1.29 is 33.7 Å². The van der Waals surface area contributed by atoms with Crippen LogP contribution >= 0.6 is 0 Å².